The van der Waals surface area contributed by atoms with Gasteiger partial charge >= 0.3 is 18.3 Å². The highest BCUT2D eigenvalue weighted by atomic mass is 32.1. The molecule has 0 radical (unpaired) electrons. The lowest BCUT2D eigenvalue weighted by atomic mass is 10.0. The van der Waals surface area contributed by atoms with E-state index in [0.29, 0.717) is 11.3 Å². The minimum absolute atomic E-state index is 0.108. The van der Waals surface area contributed by atoms with E-state index in [-0.39, 0.29) is 23.3 Å². The zero-order valence-corrected chi connectivity index (χ0v) is 12.5. The van der Waals surface area contributed by atoms with E-state index in [1.54, 1.807) is 0 Å². The molecule has 5 nitrogen and oxygen atoms in total. The topological polar surface area (TPSA) is 79.3 Å². The number of alkyl halides is 6. The van der Waals surface area contributed by atoms with Crippen LogP contribution in [0.5, 0.6) is 0 Å². The van der Waals surface area contributed by atoms with Crippen LogP contribution in [0.15, 0.2) is 23.6 Å². The van der Waals surface area contributed by atoms with Gasteiger partial charge in [0.25, 0.3) is 5.91 Å². The SMILES string of the molecule is O=C(Nc1nc(C(=O)O)cs1)c1cc(C(F)(F)F)cc(C(F)(F)F)c1. The molecule has 0 aliphatic heterocycles. The molecule has 0 saturated heterocycles. The Hall–Kier alpha value is -2.63. The predicted molar refractivity (Wildman–Crippen MR) is 73.5 cm³/mol. The summed E-state index contributed by atoms with van der Waals surface area (Å²) in [5.74, 6) is -2.70. The smallest absolute Gasteiger partial charge is 0.416 e. The summed E-state index contributed by atoms with van der Waals surface area (Å²) < 4.78 is 76.5. The number of hydrogen-bond donors (Lipinski definition) is 2. The van der Waals surface area contributed by atoms with Crippen molar-refractivity contribution < 1.29 is 41.0 Å². The minimum Gasteiger partial charge on any atom is -0.476 e. The molecule has 0 unspecified atom stereocenters. The molecule has 1 amide bonds. The number of carbonyl (C=O) groups is 2. The molecule has 1 aromatic heterocycles. The number of amides is 1. The van der Waals surface area contributed by atoms with Gasteiger partial charge in [0.05, 0.1) is 11.1 Å². The van der Waals surface area contributed by atoms with Crippen molar-refractivity contribution in [2.75, 3.05) is 5.32 Å². The van der Waals surface area contributed by atoms with E-state index in [0.717, 1.165) is 5.38 Å². The van der Waals surface area contributed by atoms with Crippen LogP contribution < -0.4 is 5.32 Å². The Morgan fingerprint density at radius 1 is 1.00 bits per heavy atom. The molecule has 0 bridgehead atoms. The number of rotatable bonds is 3. The molecule has 2 N–H and O–H groups in total. The summed E-state index contributed by atoms with van der Waals surface area (Å²) >= 11 is 0.652. The number of nitrogens with zero attached hydrogens (tertiary/aromatic N) is 1. The fourth-order valence-corrected chi connectivity index (χ4v) is 2.36. The van der Waals surface area contributed by atoms with Crippen molar-refractivity contribution in [3.8, 4) is 0 Å². The van der Waals surface area contributed by atoms with E-state index in [4.69, 9.17) is 5.11 Å². The van der Waals surface area contributed by atoms with Crippen LogP contribution in [0.4, 0.5) is 31.5 Å². The quantitative estimate of drug-likeness (QED) is 0.780. The van der Waals surface area contributed by atoms with Gasteiger partial charge in [-0.3, -0.25) is 10.1 Å². The van der Waals surface area contributed by atoms with Gasteiger partial charge in [0.2, 0.25) is 0 Å². The molecular formula is C13H6F6N2O3S. The molecule has 0 fully saturated rings. The second-order valence-electron chi connectivity index (χ2n) is 4.59. The summed E-state index contributed by atoms with van der Waals surface area (Å²) in [6, 6.07) is 0.412. The van der Waals surface area contributed by atoms with Crippen LogP contribution in [0, 0.1) is 0 Å². The van der Waals surface area contributed by atoms with Crippen molar-refractivity contribution in [1.29, 1.82) is 0 Å². The summed E-state index contributed by atoms with van der Waals surface area (Å²) in [6.45, 7) is 0. The number of carboxylic acids is 1. The van der Waals surface area contributed by atoms with Crippen LogP contribution in [0.25, 0.3) is 0 Å². The number of aromatic carboxylic acids is 1. The average molecular weight is 384 g/mol. The van der Waals surface area contributed by atoms with Crippen molar-refractivity contribution in [1.82, 2.24) is 4.98 Å². The Labute approximate surface area is 138 Å². The van der Waals surface area contributed by atoms with E-state index in [1.165, 1.54) is 0 Å². The van der Waals surface area contributed by atoms with Gasteiger partial charge in [0.15, 0.2) is 10.8 Å². The highest BCUT2D eigenvalue weighted by molar-refractivity contribution is 7.14. The van der Waals surface area contributed by atoms with Gasteiger partial charge in [0.1, 0.15) is 0 Å². The fraction of sp³-hybridized carbons (Fsp3) is 0.154. The zero-order valence-electron chi connectivity index (χ0n) is 11.7. The first-order valence-electron chi connectivity index (χ1n) is 6.17. The normalized spacial score (nSPS) is 12.1. The fourth-order valence-electron chi connectivity index (χ4n) is 1.68. The van der Waals surface area contributed by atoms with Crippen molar-refractivity contribution in [2.24, 2.45) is 0 Å². The Bertz CT molecular complexity index is 796. The third kappa shape index (κ3) is 4.47. The Kier molecular flexibility index (Phi) is 4.75. The number of aromatic nitrogens is 1. The third-order valence-corrected chi connectivity index (χ3v) is 3.55. The molecule has 25 heavy (non-hydrogen) atoms. The lowest BCUT2D eigenvalue weighted by Crippen LogP contribution is -2.17. The van der Waals surface area contributed by atoms with Gasteiger partial charge in [-0.1, -0.05) is 0 Å². The lowest BCUT2D eigenvalue weighted by molar-refractivity contribution is -0.143. The van der Waals surface area contributed by atoms with E-state index in [9.17, 15) is 35.9 Å². The summed E-state index contributed by atoms with van der Waals surface area (Å²) in [7, 11) is 0. The highest BCUT2D eigenvalue weighted by Gasteiger charge is 2.37. The second-order valence-corrected chi connectivity index (χ2v) is 5.45. The van der Waals surface area contributed by atoms with Gasteiger partial charge in [0, 0.05) is 10.9 Å². The summed E-state index contributed by atoms with van der Waals surface area (Å²) in [5.41, 5.74) is -4.61. The van der Waals surface area contributed by atoms with E-state index in [2.05, 4.69) is 4.98 Å². The first kappa shape index (κ1) is 18.7. The predicted octanol–water partition coefficient (Wildman–Crippen LogP) is 4.13. The molecule has 0 spiro atoms. The van der Waals surface area contributed by atoms with Crippen LogP contribution in [-0.2, 0) is 12.4 Å². The molecular weight excluding hydrogens is 378 g/mol. The van der Waals surface area contributed by atoms with Gasteiger partial charge in [-0.2, -0.15) is 26.3 Å². The van der Waals surface area contributed by atoms with E-state index < -0.39 is 46.6 Å². The molecule has 134 valence electrons. The number of benzene rings is 1. The molecule has 1 heterocycles. The van der Waals surface area contributed by atoms with Crippen LogP contribution in [0.3, 0.4) is 0 Å². The number of thiazole rings is 1. The monoisotopic (exact) mass is 384 g/mol. The maximum Gasteiger partial charge on any atom is 0.416 e. The van der Waals surface area contributed by atoms with Crippen molar-refractivity contribution in [3.05, 3.63) is 46.0 Å². The van der Waals surface area contributed by atoms with Crippen LogP contribution in [0.2, 0.25) is 0 Å². The number of carboxylic acid groups (broad SMARTS) is 1. The first-order valence-corrected chi connectivity index (χ1v) is 7.05. The molecule has 2 aromatic rings. The average Bonchev–Trinajstić information content (AvgIpc) is 2.93. The first-order chi connectivity index (χ1) is 11.4. The molecule has 1 aromatic carbocycles. The van der Waals surface area contributed by atoms with Gasteiger partial charge < -0.3 is 5.11 Å². The summed E-state index contributed by atoms with van der Waals surface area (Å²) in [4.78, 5) is 26.0. The number of nitrogens with one attached hydrogen (secondary N) is 1. The molecule has 2 rings (SSSR count). The molecule has 0 aliphatic rings. The van der Waals surface area contributed by atoms with Gasteiger partial charge in [-0.15, -0.1) is 11.3 Å². The number of halogens is 6. The zero-order chi connectivity index (χ0) is 19.0. The van der Waals surface area contributed by atoms with Crippen LogP contribution in [-0.4, -0.2) is 22.0 Å². The number of anilines is 1. The molecule has 0 aliphatic carbocycles. The second kappa shape index (κ2) is 6.35. The minimum atomic E-state index is -5.09. The highest BCUT2D eigenvalue weighted by Crippen LogP contribution is 2.36. The largest absolute Gasteiger partial charge is 0.476 e. The van der Waals surface area contributed by atoms with Crippen LogP contribution in [0.1, 0.15) is 32.0 Å². The van der Waals surface area contributed by atoms with Crippen molar-refractivity contribution in [3.63, 3.8) is 0 Å². The Morgan fingerprint density at radius 2 is 1.52 bits per heavy atom. The summed E-state index contributed by atoms with van der Waals surface area (Å²) in [5, 5.41) is 11.4. The van der Waals surface area contributed by atoms with Crippen molar-refractivity contribution >= 4 is 28.3 Å². The molecule has 12 heteroatoms. The van der Waals surface area contributed by atoms with Gasteiger partial charge in [-0.05, 0) is 18.2 Å². The van der Waals surface area contributed by atoms with Crippen LogP contribution >= 0.6 is 11.3 Å². The van der Waals surface area contributed by atoms with Gasteiger partial charge in [-0.25, -0.2) is 9.78 Å². The standard InChI is InChI=1S/C13H6F6N2O3S/c14-12(15,16)6-1-5(2-7(3-6)13(17,18)19)9(22)21-11-20-8(4-25-11)10(23)24/h1-4H,(H,23,24)(H,20,21,22). The maximum absolute atomic E-state index is 12.7. The maximum atomic E-state index is 12.7. The number of hydrogen-bond acceptors (Lipinski definition) is 4. The summed E-state index contributed by atoms with van der Waals surface area (Å²) in [6.07, 6.45) is -10.2. The Morgan fingerprint density at radius 3 is 1.92 bits per heavy atom. The Balaban J connectivity index is 2.39. The van der Waals surface area contributed by atoms with E-state index in [1.807, 2.05) is 5.32 Å². The number of carbonyl (C=O) groups excluding carboxylic acids is 1. The molecule has 0 atom stereocenters. The lowest BCUT2D eigenvalue weighted by Gasteiger charge is -2.13. The van der Waals surface area contributed by atoms with E-state index >= 15 is 0 Å². The molecule has 0 saturated carbocycles. The van der Waals surface area contributed by atoms with Crippen molar-refractivity contribution in [2.45, 2.75) is 12.4 Å². The third-order valence-electron chi connectivity index (χ3n) is 2.79.